The normalized spacial score (nSPS) is 10.1. The van der Waals surface area contributed by atoms with Crippen molar-refractivity contribution in [2.75, 3.05) is 0 Å². The van der Waals surface area contributed by atoms with Crippen LogP contribution in [-0.4, -0.2) is 10.2 Å². The molecule has 1 aromatic heterocycles. The minimum Gasteiger partial charge on any atom is -0.274 e. The summed E-state index contributed by atoms with van der Waals surface area (Å²) in [7, 11) is 0. The highest BCUT2D eigenvalue weighted by Gasteiger charge is 2.20. The van der Waals surface area contributed by atoms with E-state index in [4.69, 9.17) is 16.9 Å². The van der Waals surface area contributed by atoms with Crippen molar-refractivity contribution >= 4 is 32.8 Å². The van der Waals surface area contributed by atoms with Gasteiger partial charge in [0.2, 0.25) is 0 Å². The minimum absolute atomic E-state index is 0.0317. The van der Waals surface area contributed by atoms with Crippen molar-refractivity contribution in [1.82, 2.24) is 4.98 Å². The standard InChI is InChI=1S/C8H2BrClF2N2O/c9-4-1-3(2-13)5(7(10)15)14-6(4)8(11)12/h1,8H. The molecule has 0 saturated carbocycles. The van der Waals surface area contributed by atoms with E-state index in [1.807, 2.05) is 0 Å². The van der Waals surface area contributed by atoms with Gasteiger partial charge in [-0.15, -0.1) is 0 Å². The van der Waals surface area contributed by atoms with Gasteiger partial charge in [0.05, 0.1) is 5.56 Å². The molecule has 0 unspecified atom stereocenters. The molecular formula is C8H2BrClF2N2O. The molecule has 0 aliphatic carbocycles. The lowest BCUT2D eigenvalue weighted by Gasteiger charge is -2.05. The Balaban J connectivity index is 3.45. The fourth-order valence-electron chi connectivity index (χ4n) is 0.891. The van der Waals surface area contributed by atoms with Crippen molar-refractivity contribution in [3.63, 3.8) is 0 Å². The van der Waals surface area contributed by atoms with Gasteiger partial charge in [-0.05, 0) is 33.6 Å². The predicted octanol–water partition coefficient (Wildman–Crippen LogP) is 3.03. The number of nitriles is 1. The summed E-state index contributed by atoms with van der Waals surface area (Å²) < 4.78 is 24.7. The number of aromatic nitrogens is 1. The average molecular weight is 295 g/mol. The van der Waals surface area contributed by atoms with Crippen LogP contribution >= 0.6 is 27.5 Å². The second-order valence-electron chi connectivity index (χ2n) is 2.44. The van der Waals surface area contributed by atoms with E-state index >= 15 is 0 Å². The van der Waals surface area contributed by atoms with E-state index in [0.717, 1.165) is 6.07 Å². The van der Waals surface area contributed by atoms with Crippen LogP contribution in [0.5, 0.6) is 0 Å². The van der Waals surface area contributed by atoms with Gasteiger partial charge in [0, 0.05) is 4.47 Å². The van der Waals surface area contributed by atoms with Crippen LogP contribution in [0.3, 0.4) is 0 Å². The van der Waals surface area contributed by atoms with Gasteiger partial charge in [-0.25, -0.2) is 13.8 Å². The zero-order valence-electron chi connectivity index (χ0n) is 6.97. The summed E-state index contributed by atoms with van der Waals surface area (Å²) >= 11 is 7.93. The molecule has 15 heavy (non-hydrogen) atoms. The van der Waals surface area contributed by atoms with Gasteiger partial charge in [-0.2, -0.15) is 5.26 Å². The largest absolute Gasteiger partial charge is 0.281 e. The highest BCUT2D eigenvalue weighted by Crippen LogP contribution is 2.27. The van der Waals surface area contributed by atoms with E-state index in [1.54, 1.807) is 6.07 Å². The van der Waals surface area contributed by atoms with Gasteiger partial charge >= 0.3 is 0 Å². The molecule has 3 nitrogen and oxygen atoms in total. The lowest BCUT2D eigenvalue weighted by Crippen LogP contribution is -2.04. The third-order valence-corrected chi connectivity index (χ3v) is 2.33. The quantitative estimate of drug-likeness (QED) is 0.788. The van der Waals surface area contributed by atoms with Crippen molar-refractivity contribution < 1.29 is 13.6 Å². The summed E-state index contributed by atoms with van der Waals surface area (Å²) in [5, 5.41) is 7.57. The number of nitrogens with zero attached hydrogens (tertiary/aromatic N) is 2. The second kappa shape index (κ2) is 4.64. The third-order valence-electron chi connectivity index (χ3n) is 1.52. The molecule has 1 aromatic rings. The number of carbonyl (C=O) groups excluding carboxylic acids is 1. The number of halogens is 4. The van der Waals surface area contributed by atoms with Crippen LogP contribution in [0.1, 0.15) is 28.2 Å². The van der Waals surface area contributed by atoms with Crippen LogP contribution in [0.4, 0.5) is 8.78 Å². The van der Waals surface area contributed by atoms with Crippen LogP contribution < -0.4 is 0 Å². The molecule has 0 radical (unpaired) electrons. The maximum Gasteiger partial charge on any atom is 0.281 e. The van der Waals surface area contributed by atoms with Gasteiger partial charge in [0.1, 0.15) is 17.5 Å². The van der Waals surface area contributed by atoms with Crippen LogP contribution in [0.15, 0.2) is 10.5 Å². The smallest absolute Gasteiger partial charge is 0.274 e. The number of hydrogen-bond donors (Lipinski definition) is 0. The summed E-state index contributed by atoms with van der Waals surface area (Å²) in [6.45, 7) is 0. The summed E-state index contributed by atoms with van der Waals surface area (Å²) in [4.78, 5) is 14.1. The minimum atomic E-state index is -2.85. The first-order valence-corrected chi connectivity index (χ1v) is 4.73. The number of pyridine rings is 1. The Hall–Kier alpha value is -1.06. The Labute approximate surface area is 96.8 Å². The van der Waals surface area contributed by atoms with E-state index in [-0.39, 0.29) is 10.0 Å². The molecule has 0 amide bonds. The van der Waals surface area contributed by atoms with E-state index in [2.05, 4.69) is 20.9 Å². The number of alkyl halides is 2. The second-order valence-corrected chi connectivity index (χ2v) is 3.64. The fraction of sp³-hybridized carbons (Fsp3) is 0.125. The molecule has 0 spiro atoms. The van der Waals surface area contributed by atoms with Gasteiger partial charge < -0.3 is 0 Å². The molecule has 0 fully saturated rings. The molecular weight excluding hydrogens is 293 g/mol. The Kier molecular flexibility index (Phi) is 3.72. The predicted molar refractivity (Wildman–Crippen MR) is 51.8 cm³/mol. The first kappa shape index (κ1) is 12.0. The average Bonchev–Trinajstić information content (AvgIpc) is 2.16. The molecule has 0 N–H and O–H groups in total. The van der Waals surface area contributed by atoms with Gasteiger partial charge in [0.25, 0.3) is 11.7 Å². The number of hydrogen-bond acceptors (Lipinski definition) is 3. The molecule has 0 aromatic carbocycles. The van der Waals surface area contributed by atoms with E-state index < -0.39 is 23.1 Å². The molecule has 1 heterocycles. The molecule has 7 heteroatoms. The zero-order chi connectivity index (χ0) is 11.6. The van der Waals surface area contributed by atoms with Crippen LogP contribution in [0.2, 0.25) is 0 Å². The highest BCUT2D eigenvalue weighted by atomic mass is 79.9. The molecule has 0 saturated heterocycles. The van der Waals surface area contributed by atoms with Gasteiger partial charge in [0.15, 0.2) is 0 Å². The molecule has 1 rings (SSSR count). The van der Waals surface area contributed by atoms with Gasteiger partial charge in [-0.1, -0.05) is 0 Å². The van der Waals surface area contributed by atoms with Crippen molar-refractivity contribution in [2.45, 2.75) is 6.43 Å². The van der Waals surface area contributed by atoms with Crippen LogP contribution in [0, 0.1) is 11.3 Å². The third kappa shape index (κ3) is 2.49. The number of rotatable bonds is 2. The summed E-state index contributed by atoms with van der Waals surface area (Å²) in [6.07, 6.45) is -2.85. The van der Waals surface area contributed by atoms with Crippen LogP contribution in [-0.2, 0) is 0 Å². The Bertz CT molecular complexity index is 459. The molecule has 0 atom stereocenters. The first-order valence-electron chi connectivity index (χ1n) is 3.56. The van der Waals surface area contributed by atoms with E-state index in [1.165, 1.54) is 0 Å². The van der Waals surface area contributed by atoms with E-state index in [0.29, 0.717) is 0 Å². The topological polar surface area (TPSA) is 53.8 Å². The lowest BCUT2D eigenvalue weighted by atomic mass is 10.2. The Morgan fingerprint density at radius 3 is 2.67 bits per heavy atom. The Morgan fingerprint density at radius 1 is 1.67 bits per heavy atom. The van der Waals surface area contributed by atoms with Gasteiger partial charge in [-0.3, -0.25) is 4.79 Å². The molecule has 0 aliphatic rings. The fourth-order valence-corrected chi connectivity index (χ4v) is 1.53. The van der Waals surface area contributed by atoms with Crippen molar-refractivity contribution in [3.8, 4) is 6.07 Å². The lowest BCUT2D eigenvalue weighted by molar-refractivity contribution is 0.107. The van der Waals surface area contributed by atoms with E-state index in [9.17, 15) is 13.6 Å². The van der Waals surface area contributed by atoms with Crippen LogP contribution in [0.25, 0.3) is 0 Å². The molecule has 0 bridgehead atoms. The summed E-state index contributed by atoms with van der Waals surface area (Å²) in [6, 6.07) is 2.73. The number of carbonyl (C=O) groups is 1. The maximum absolute atomic E-state index is 12.4. The highest BCUT2D eigenvalue weighted by molar-refractivity contribution is 9.10. The monoisotopic (exact) mass is 294 g/mol. The molecule has 78 valence electrons. The van der Waals surface area contributed by atoms with Crippen molar-refractivity contribution in [3.05, 3.63) is 27.5 Å². The molecule has 0 aliphatic heterocycles. The van der Waals surface area contributed by atoms with Crippen molar-refractivity contribution in [1.29, 1.82) is 5.26 Å². The SMILES string of the molecule is N#Cc1cc(Br)c(C(F)F)nc1C(=O)Cl. The Morgan fingerprint density at radius 2 is 2.27 bits per heavy atom. The summed E-state index contributed by atoms with van der Waals surface area (Å²) in [5.41, 5.74) is -1.22. The zero-order valence-corrected chi connectivity index (χ0v) is 9.31. The summed E-state index contributed by atoms with van der Waals surface area (Å²) in [5.74, 6) is 0. The maximum atomic E-state index is 12.4. The van der Waals surface area contributed by atoms with Crippen molar-refractivity contribution in [2.24, 2.45) is 0 Å². The first-order chi connectivity index (χ1) is 6.97.